The molecule has 1 fully saturated rings. The van der Waals surface area contributed by atoms with Gasteiger partial charge in [0.2, 0.25) is 11.8 Å². The van der Waals surface area contributed by atoms with Gasteiger partial charge in [0.05, 0.1) is 19.6 Å². The molecular weight excluding hydrogens is 284 g/mol. The second-order valence-corrected chi connectivity index (χ2v) is 5.43. The van der Waals surface area contributed by atoms with Crippen molar-refractivity contribution in [1.29, 1.82) is 0 Å². The van der Waals surface area contributed by atoms with Crippen LogP contribution in [0, 0.1) is 0 Å². The molecule has 22 heavy (non-hydrogen) atoms. The fourth-order valence-corrected chi connectivity index (χ4v) is 2.53. The molecule has 0 unspecified atom stereocenters. The Balaban J connectivity index is 1.76. The summed E-state index contributed by atoms with van der Waals surface area (Å²) in [6.45, 7) is 10.5. The Morgan fingerprint density at radius 3 is 2.50 bits per heavy atom. The van der Waals surface area contributed by atoms with Crippen LogP contribution in [0.1, 0.15) is 25.6 Å². The predicted molar refractivity (Wildman–Crippen MR) is 81.8 cm³/mol. The largest absolute Gasteiger partial charge is 0.339 e. The highest BCUT2D eigenvalue weighted by Crippen LogP contribution is 2.07. The summed E-state index contributed by atoms with van der Waals surface area (Å²) in [6.07, 6.45) is 0. The Kier molecular flexibility index (Phi) is 6.29. The number of nitrogens with zero attached hydrogens (tertiary/aromatic N) is 5. The summed E-state index contributed by atoms with van der Waals surface area (Å²) in [4.78, 5) is 22.8. The van der Waals surface area contributed by atoms with E-state index in [1.807, 2.05) is 4.90 Å². The zero-order chi connectivity index (χ0) is 15.9. The number of piperazine rings is 1. The molecule has 1 aromatic rings. The highest BCUT2D eigenvalue weighted by molar-refractivity contribution is 5.78. The molecule has 124 valence electrons. The summed E-state index contributed by atoms with van der Waals surface area (Å²) < 4.78 is 5.00. The van der Waals surface area contributed by atoms with E-state index in [0.717, 1.165) is 39.3 Å². The molecule has 2 heterocycles. The molecule has 1 aliphatic rings. The van der Waals surface area contributed by atoms with Gasteiger partial charge in [-0.2, -0.15) is 4.98 Å². The molecule has 1 amide bonds. The molecule has 0 aromatic carbocycles. The highest BCUT2D eigenvalue weighted by Gasteiger charge is 2.23. The van der Waals surface area contributed by atoms with Crippen LogP contribution >= 0.6 is 0 Å². The van der Waals surface area contributed by atoms with E-state index >= 15 is 0 Å². The quantitative estimate of drug-likeness (QED) is 0.727. The average Bonchev–Trinajstić information content (AvgIpc) is 3.00. The lowest BCUT2D eigenvalue weighted by Crippen LogP contribution is -2.50. The van der Waals surface area contributed by atoms with E-state index in [4.69, 9.17) is 10.3 Å². The van der Waals surface area contributed by atoms with Crippen LogP contribution in [0.15, 0.2) is 4.52 Å². The fourth-order valence-electron chi connectivity index (χ4n) is 2.53. The minimum absolute atomic E-state index is 0.216. The van der Waals surface area contributed by atoms with E-state index in [-0.39, 0.29) is 12.5 Å². The summed E-state index contributed by atoms with van der Waals surface area (Å²) >= 11 is 0. The third-order valence-corrected chi connectivity index (χ3v) is 4.03. The zero-order valence-corrected chi connectivity index (χ0v) is 13.5. The van der Waals surface area contributed by atoms with Gasteiger partial charge in [0.15, 0.2) is 5.82 Å². The number of hydrogen-bond acceptors (Lipinski definition) is 7. The van der Waals surface area contributed by atoms with Crippen LogP contribution in [0.4, 0.5) is 0 Å². The second-order valence-electron chi connectivity index (χ2n) is 5.43. The first-order valence-electron chi connectivity index (χ1n) is 7.90. The Labute approximate surface area is 131 Å². The van der Waals surface area contributed by atoms with Crippen molar-refractivity contribution >= 4 is 5.91 Å². The lowest BCUT2D eigenvalue weighted by atomic mass is 10.3. The molecule has 8 nitrogen and oxygen atoms in total. The summed E-state index contributed by atoms with van der Waals surface area (Å²) in [6, 6.07) is 0. The monoisotopic (exact) mass is 310 g/mol. The number of carbonyl (C=O) groups excluding carboxylic acids is 1. The van der Waals surface area contributed by atoms with Crippen molar-refractivity contribution in [2.24, 2.45) is 5.73 Å². The molecule has 0 spiro atoms. The minimum atomic E-state index is 0.216. The van der Waals surface area contributed by atoms with Gasteiger partial charge in [-0.3, -0.25) is 14.6 Å². The number of carbonyl (C=O) groups is 1. The van der Waals surface area contributed by atoms with E-state index in [0.29, 0.717) is 24.8 Å². The van der Waals surface area contributed by atoms with E-state index in [2.05, 4.69) is 33.8 Å². The third-order valence-electron chi connectivity index (χ3n) is 4.03. The molecule has 1 saturated heterocycles. The SMILES string of the molecule is CCN(CC)CC(=O)N1CCN(Cc2noc(CN)n2)CC1. The molecule has 0 radical (unpaired) electrons. The van der Waals surface area contributed by atoms with E-state index in [1.54, 1.807) is 0 Å². The number of amides is 1. The molecule has 1 aliphatic heterocycles. The predicted octanol–water partition coefficient (Wildman–Crippen LogP) is -0.486. The number of aromatic nitrogens is 2. The summed E-state index contributed by atoms with van der Waals surface area (Å²) in [5, 5.41) is 3.90. The summed E-state index contributed by atoms with van der Waals surface area (Å²) in [5.74, 6) is 1.33. The Morgan fingerprint density at radius 2 is 1.95 bits per heavy atom. The van der Waals surface area contributed by atoms with Gasteiger partial charge in [-0.05, 0) is 13.1 Å². The van der Waals surface area contributed by atoms with E-state index in [9.17, 15) is 4.79 Å². The van der Waals surface area contributed by atoms with Crippen molar-refractivity contribution in [3.8, 4) is 0 Å². The normalized spacial score (nSPS) is 16.5. The molecule has 0 aliphatic carbocycles. The maximum Gasteiger partial charge on any atom is 0.240 e. The van der Waals surface area contributed by atoms with Crippen LogP contribution in [0.25, 0.3) is 0 Å². The van der Waals surface area contributed by atoms with Crippen molar-refractivity contribution in [3.05, 3.63) is 11.7 Å². The van der Waals surface area contributed by atoms with Gasteiger partial charge < -0.3 is 15.2 Å². The molecule has 0 bridgehead atoms. The lowest BCUT2D eigenvalue weighted by Gasteiger charge is -2.35. The average molecular weight is 310 g/mol. The molecule has 2 N–H and O–H groups in total. The van der Waals surface area contributed by atoms with Crippen molar-refractivity contribution in [3.63, 3.8) is 0 Å². The van der Waals surface area contributed by atoms with Gasteiger partial charge in [-0.15, -0.1) is 0 Å². The van der Waals surface area contributed by atoms with E-state index < -0.39 is 0 Å². The van der Waals surface area contributed by atoms with Crippen LogP contribution in [-0.2, 0) is 17.9 Å². The highest BCUT2D eigenvalue weighted by atomic mass is 16.5. The first-order valence-corrected chi connectivity index (χ1v) is 7.90. The van der Waals surface area contributed by atoms with Gasteiger partial charge >= 0.3 is 0 Å². The minimum Gasteiger partial charge on any atom is -0.339 e. The van der Waals surface area contributed by atoms with Crippen LogP contribution in [0.5, 0.6) is 0 Å². The summed E-state index contributed by atoms with van der Waals surface area (Å²) in [5.41, 5.74) is 5.45. The smallest absolute Gasteiger partial charge is 0.240 e. The Morgan fingerprint density at radius 1 is 1.27 bits per heavy atom. The molecule has 2 rings (SSSR count). The number of hydrogen-bond donors (Lipinski definition) is 1. The molecule has 0 saturated carbocycles. The topological polar surface area (TPSA) is 91.7 Å². The Bertz CT molecular complexity index is 466. The van der Waals surface area contributed by atoms with Gasteiger partial charge in [0.1, 0.15) is 0 Å². The number of nitrogens with two attached hydrogens (primary N) is 1. The maximum absolute atomic E-state index is 12.2. The van der Waals surface area contributed by atoms with Crippen molar-refractivity contribution < 1.29 is 9.32 Å². The van der Waals surface area contributed by atoms with Gasteiger partial charge in [-0.1, -0.05) is 19.0 Å². The molecular formula is C14H26N6O2. The van der Waals surface area contributed by atoms with Gasteiger partial charge in [0.25, 0.3) is 0 Å². The third kappa shape index (κ3) is 4.49. The van der Waals surface area contributed by atoms with Crippen LogP contribution < -0.4 is 5.73 Å². The lowest BCUT2D eigenvalue weighted by molar-refractivity contribution is -0.134. The Hall–Kier alpha value is -1.51. The van der Waals surface area contributed by atoms with Gasteiger partial charge in [-0.25, -0.2) is 0 Å². The molecule has 1 aromatic heterocycles. The second kappa shape index (κ2) is 8.21. The first kappa shape index (κ1) is 16.9. The number of rotatable bonds is 7. The molecule has 8 heteroatoms. The maximum atomic E-state index is 12.2. The van der Waals surface area contributed by atoms with Crippen molar-refractivity contribution in [2.45, 2.75) is 26.9 Å². The van der Waals surface area contributed by atoms with Gasteiger partial charge in [0, 0.05) is 26.2 Å². The zero-order valence-electron chi connectivity index (χ0n) is 13.5. The molecule has 0 atom stereocenters. The standard InChI is InChI=1S/C14H26N6O2/c1-3-18(4-2)11-14(21)20-7-5-19(6-8-20)10-12-16-13(9-15)22-17-12/h3-11,15H2,1-2H3. The summed E-state index contributed by atoms with van der Waals surface area (Å²) in [7, 11) is 0. The fraction of sp³-hybridized carbons (Fsp3) is 0.786. The van der Waals surface area contributed by atoms with Crippen LogP contribution in [0.2, 0.25) is 0 Å². The van der Waals surface area contributed by atoms with Crippen LogP contribution in [0.3, 0.4) is 0 Å². The van der Waals surface area contributed by atoms with Crippen molar-refractivity contribution in [1.82, 2.24) is 24.8 Å². The van der Waals surface area contributed by atoms with E-state index in [1.165, 1.54) is 0 Å². The number of likely N-dealkylation sites (N-methyl/N-ethyl adjacent to an activating group) is 1. The van der Waals surface area contributed by atoms with Crippen LogP contribution in [-0.4, -0.2) is 76.6 Å². The van der Waals surface area contributed by atoms with Crippen molar-refractivity contribution in [2.75, 3.05) is 45.8 Å². The first-order chi connectivity index (χ1) is 10.7.